The predicted octanol–water partition coefficient (Wildman–Crippen LogP) is 1.68. The van der Waals surface area contributed by atoms with Gasteiger partial charge >= 0.3 is 5.82 Å². The van der Waals surface area contributed by atoms with Crippen molar-refractivity contribution in [1.82, 2.24) is 9.55 Å². The van der Waals surface area contributed by atoms with Crippen molar-refractivity contribution in [2.24, 2.45) is 0 Å². The normalized spacial score (nSPS) is 10.7. The molecule has 0 saturated carbocycles. The zero-order valence-electron chi connectivity index (χ0n) is 7.31. The van der Waals surface area contributed by atoms with E-state index in [1.54, 1.807) is 11.5 Å². The van der Waals surface area contributed by atoms with Crippen LogP contribution in [0.3, 0.4) is 0 Å². The second kappa shape index (κ2) is 2.92. The molecule has 1 rings (SSSR count). The van der Waals surface area contributed by atoms with Gasteiger partial charge in [-0.3, -0.25) is 0 Å². The lowest BCUT2D eigenvalue weighted by molar-refractivity contribution is -0.390. The molecule has 12 heavy (non-hydrogen) atoms. The van der Waals surface area contributed by atoms with Crippen LogP contribution in [0.15, 0.2) is 6.33 Å². The van der Waals surface area contributed by atoms with Gasteiger partial charge in [-0.25, -0.2) is 0 Å². The quantitative estimate of drug-likeness (QED) is 0.499. The van der Waals surface area contributed by atoms with Gasteiger partial charge < -0.3 is 14.7 Å². The molecule has 0 radical (unpaired) electrons. The first-order valence-corrected chi connectivity index (χ1v) is 3.72. The highest BCUT2D eigenvalue weighted by molar-refractivity contribution is 5.25. The summed E-state index contributed by atoms with van der Waals surface area (Å²) in [6.07, 6.45) is 1.50. The van der Waals surface area contributed by atoms with Gasteiger partial charge in [0.2, 0.25) is 6.33 Å². The Kier molecular flexibility index (Phi) is 2.12. The fourth-order valence-corrected chi connectivity index (χ4v) is 1.11. The van der Waals surface area contributed by atoms with Gasteiger partial charge in [-0.2, -0.15) is 0 Å². The molecule has 1 heterocycles. The molecule has 1 aromatic rings. The van der Waals surface area contributed by atoms with Gasteiger partial charge in [0.1, 0.15) is 5.69 Å². The summed E-state index contributed by atoms with van der Waals surface area (Å²) in [5.74, 6) is -0.0521. The van der Waals surface area contributed by atoms with Crippen LogP contribution in [0.5, 0.6) is 0 Å². The number of nitrogens with zero attached hydrogens (tertiary/aromatic N) is 3. The summed E-state index contributed by atoms with van der Waals surface area (Å²) < 4.78 is 1.78. The minimum atomic E-state index is -0.464. The molecule has 0 aliphatic heterocycles. The highest BCUT2D eigenvalue weighted by atomic mass is 16.6. The zero-order valence-corrected chi connectivity index (χ0v) is 7.31. The summed E-state index contributed by atoms with van der Waals surface area (Å²) in [5.41, 5.74) is 0.606. The minimum Gasteiger partial charge on any atom is -0.358 e. The van der Waals surface area contributed by atoms with Crippen molar-refractivity contribution in [3.05, 3.63) is 22.1 Å². The van der Waals surface area contributed by atoms with Gasteiger partial charge in [0.15, 0.2) is 0 Å². The van der Waals surface area contributed by atoms with Crippen LogP contribution in [0.4, 0.5) is 5.82 Å². The summed E-state index contributed by atoms with van der Waals surface area (Å²) in [4.78, 5) is 13.6. The van der Waals surface area contributed by atoms with Gasteiger partial charge in [-0.05, 0) is 30.7 Å². The first kappa shape index (κ1) is 8.70. The summed E-state index contributed by atoms with van der Waals surface area (Å²) in [7, 11) is 0. The van der Waals surface area contributed by atoms with Crippen LogP contribution in [0, 0.1) is 17.0 Å². The third-order valence-electron chi connectivity index (χ3n) is 1.74. The molecule has 0 amide bonds. The van der Waals surface area contributed by atoms with Crippen molar-refractivity contribution < 1.29 is 4.92 Å². The van der Waals surface area contributed by atoms with E-state index in [9.17, 15) is 10.1 Å². The molecule has 0 fully saturated rings. The van der Waals surface area contributed by atoms with Gasteiger partial charge in [-0.1, -0.05) is 0 Å². The SMILES string of the molecule is Cc1c([N+](=O)[O-])ncn1C(C)C. The van der Waals surface area contributed by atoms with Crippen LogP contribution in [-0.2, 0) is 0 Å². The number of nitro groups is 1. The maximum absolute atomic E-state index is 10.4. The Morgan fingerprint density at radius 1 is 1.67 bits per heavy atom. The number of hydrogen-bond acceptors (Lipinski definition) is 3. The first-order chi connectivity index (χ1) is 5.54. The molecule has 1 aromatic heterocycles. The van der Waals surface area contributed by atoms with Crippen LogP contribution in [0.1, 0.15) is 25.6 Å². The standard InChI is InChI=1S/C7H11N3O2/c1-5(2)9-4-8-7(6(9)3)10(11)12/h4-5H,1-3H3. The Hall–Kier alpha value is -1.39. The van der Waals surface area contributed by atoms with Gasteiger partial charge in [0.05, 0.1) is 0 Å². The average molecular weight is 169 g/mol. The fraction of sp³-hybridized carbons (Fsp3) is 0.571. The van der Waals surface area contributed by atoms with E-state index in [2.05, 4.69) is 4.98 Å². The van der Waals surface area contributed by atoms with E-state index in [1.165, 1.54) is 6.33 Å². The molecule has 0 bridgehead atoms. The van der Waals surface area contributed by atoms with Gasteiger partial charge in [0.25, 0.3) is 0 Å². The van der Waals surface area contributed by atoms with E-state index in [1.807, 2.05) is 13.8 Å². The van der Waals surface area contributed by atoms with E-state index in [0.29, 0.717) is 5.69 Å². The summed E-state index contributed by atoms with van der Waals surface area (Å²) in [6, 6.07) is 0.214. The van der Waals surface area contributed by atoms with E-state index in [-0.39, 0.29) is 11.9 Å². The van der Waals surface area contributed by atoms with Gasteiger partial charge in [0, 0.05) is 6.04 Å². The molecule has 0 aliphatic carbocycles. The van der Waals surface area contributed by atoms with E-state index in [4.69, 9.17) is 0 Å². The predicted molar refractivity (Wildman–Crippen MR) is 44.0 cm³/mol. The Morgan fingerprint density at radius 2 is 2.25 bits per heavy atom. The van der Waals surface area contributed by atoms with Crippen LogP contribution in [0.25, 0.3) is 0 Å². The Morgan fingerprint density at radius 3 is 2.50 bits per heavy atom. The zero-order chi connectivity index (χ0) is 9.30. The Bertz CT molecular complexity index is 304. The second-order valence-corrected chi connectivity index (χ2v) is 2.91. The number of rotatable bonds is 2. The van der Waals surface area contributed by atoms with Gasteiger partial charge in [-0.15, -0.1) is 0 Å². The molecule has 0 aliphatic rings. The maximum Gasteiger partial charge on any atom is 0.384 e. The van der Waals surface area contributed by atoms with Crippen LogP contribution >= 0.6 is 0 Å². The summed E-state index contributed by atoms with van der Waals surface area (Å²) >= 11 is 0. The van der Waals surface area contributed by atoms with Crippen LogP contribution < -0.4 is 0 Å². The lowest BCUT2D eigenvalue weighted by Gasteiger charge is -2.05. The Labute approximate surface area is 70.2 Å². The second-order valence-electron chi connectivity index (χ2n) is 2.91. The van der Waals surface area contributed by atoms with Crippen molar-refractivity contribution in [2.45, 2.75) is 26.8 Å². The number of aromatic nitrogens is 2. The third-order valence-corrected chi connectivity index (χ3v) is 1.74. The summed E-state index contributed by atoms with van der Waals surface area (Å²) in [5, 5.41) is 10.4. The van der Waals surface area contributed by atoms with Crippen molar-refractivity contribution >= 4 is 5.82 Å². The maximum atomic E-state index is 10.4. The molecule has 0 unspecified atom stereocenters. The lowest BCUT2D eigenvalue weighted by Crippen LogP contribution is -2.01. The Balaban J connectivity index is 3.13. The van der Waals surface area contributed by atoms with Crippen LogP contribution in [0.2, 0.25) is 0 Å². The molecule has 66 valence electrons. The summed E-state index contributed by atoms with van der Waals surface area (Å²) in [6.45, 7) is 5.61. The number of imidazole rings is 1. The van der Waals surface area contributed by atoms with Crippen LogP contribution in [-0.4, -0.2) is 14.5 Å². The monoisotopic (exact) mass is 169 g/mol. The largest absolute Gasteiger partial charge is 0.384 e. The fourth-order valence-electron chi connectivity index (χ4n) is 1.11. The van der Waals surface area contributed by atoms with E-state index < -0.39 is 4.92 Å². The molecule has 0 aromatic carbocycles. The average Bonchev–Trinajstić information content (AvgIpc) is 2.30. The van der Waals surface area contributed by atoms with Crippen molar-refractivity contribution in [2.75, 3.05) is 0 Å². The van der Waals surface area contributed by atoms with Crippen molar-refractivity contribution in [3.8, 4) is 0 Å². The minimum absolute atomic E-state index is 0.0521. The highest BCUT2D eigenvalue weighted by Crippen LogP contribution is 2.18. The highest BCUT2D eigenvalue weighted by Gasteiger charge is 2.18. The molecular weight excluding hydrogens is 158 g/mol. The molecule has 0 atom stereocenters. The molecule has 5 nitrogen and oxygen atoms in total. The smallest absolute Gasteiger partial charge is 0.358 e. The van der Waals surface area contributed by atoms with E-state index in [0.717, 1.165) is 0 Å². The molecule has 0 saturated heterocycles. The van der Waals surface area contributed by atoms with Crippen molar-refractivity contribution in [3.63, 3.8) is 0 Å². The molecule has 0 N–H and O–H groups in total. The third kappa shape index (κ3) is 1.30. The van der Waals surface area contributed by atoms with Crippen molar-refractivity contribution in [1.29, 1.82) is 0 Å². The number of hydrogen-bond donors (Lipinski definition) is 0. The first-order valence-electron chi connectivity index (χ1n) is 3.72. The molecule has 0 spiro atoms. The molecular formula is C7H11N3O2. The molecule has 5 heteroatoms. The van der Waals surface area contributed by atoms with E-state index >= 15 is 0 Å². The lowest BCUT2D eigenvalue weighted by atomic mass is 10.3. The topological polar surface area (TPSA) is 61.0 Å².